The van der Waals surface area contributed by atoms with E-state index in [1.54, 1.807) is 0 Å². The molecule has 27 heavy (non-hydrogen) atoms. The lowest BCUT2D eigenvalue weighted by Crippen LogP contribution is -2.32. The summed E-state index contributed by atoms with van der Waals surface area (Å²) in [7, 11) is 0. The number of halogens is 6. The van der Waals surface area contributed by atoms with Crippen molar-refractivity contribution in [2.75, 3.05) is 0 Å². The van der Waals surface area contributed by atoms with Gasteiger partial charge in [0.05, 0.1) is 6.42 Å². The highest BCUT2D eigenvalue weighted by Gasteiger charge is 2.37. The third kappa shape index (κ3) is 6.04. The molecule has 0 aliphatic rings. The number of benzene rings is 1. The van der Waals surface area contributed by atoms with Crippen LogP contribution in [0.4, 0.5) is 26.3 Å². The molecule has 2 bridgehead atoms. The number of pyridine rings is 1. The second-order valence-electron chi connectivity index (χ2n) is 5.19. The van der Waals surface area contributed by atoms with Crippen molar-refractivity contribution in [2.45, 2.75) is 24.9 Å². The van der Waals surface area contributed by atoms with Crippen molar-refractivity contribution in [1.29, 1.82) is 0 Å². The topological polar surface area (TPSA) is 72.6 Å². The number of hydrogen-bond acceptors (Lipinski definition) is 4. The van der Waals surface area contributed by atoms with Crippen LogP contribution in [0.1, 0.15) is 12.0 Å². The van der Waals surface area contributed by atoms with Gasteiger partial charge in [-0.2, -0.15) is 26.3 Å². The Morgan fingerprint density at radius 3 is 2.22 bits per heavy atom. The lowest BCUT2D eigenvalue weighted by Gasteiger charge is -2.15. The Kier molecular flexibility index (Phi) is 5.82. The van der Waals surface area contributed by atoms with Gasteiger partial charge in [0.15, 0.2) is 0 Å². The second-order valence-corrected chi connectivity index (χ2v) is 5.19. The Morgan fingerprint density at radius 2 is 1.85 bits per heavy atom. The molecule has 0 saturated carbocycles. The maximum atomic E-state index is 12.0. The molecule has 0 aliphatic carbocycles. The zero-order valence-corrected chi connectivity index (χ0v) is 13.2. The van der Waals surface area contributed by atoms with Gasteiger partial charge in [0, 0.05) is 12.3 Å². The zero-order chi connectivity index (χ0) is 20.2. The number of fused-ring (bicyclic) bond motifs is 2. The molecule has 3 aromatic rings. The Hall–Kier alpha value is -2.98. The maximum Gasteiger partial charge on any atom is 0.420 e. The van der Waals surface area contributed by atoms with E-state index in [0.29, 0.717) is 0 Å². The van der Waals surface area contributed by atoms with Gasteiger partial charge in [0.2, 0.25) is 12.0 Å². The lowest BCUT2D eigenvalue weighted by atomic mass is 10.2. The number of alkyl halides is 6. The van der Waals surface area contributed by atoms with Crippen LogP contribution in [-0.2, 0) is 11.0 Å². The fourth-order valence-corrected chi connectivity index (χ4v) is 1.96. The number of carboxylic acid groups (broad SMARTS) is 1. The summed E-state index contributed by atoms with van der Waals surface area (Å²) in [6, 6.07) is 8.12. The number of carbonyl (C=O) groups is 1. The molecule has 3 aromatic heterocycles. The molecule has 11 heteroatoms. The Balaban J connectivity index is 0.000000206. The molecule has 0 aliphatic heterocycles. The van der Waals surface area contributed by atoms with Crippen molar-refractivity contribution in [2.24, 2.45) is 0 Å². The largest absolute Gasteiger partial charge is 0.479 e. The van der Waals surface area contributed by atoms with Crippen LogP contribution in [0.25, 0.3) is 11.2 Å². The average molecular weight is 395 g/mol. The quantitative estimate of drug-likeness (QED) is 0.645. The van der Waals surface area contributed by atoms with E-state index in [-0.39, 0.29) is 17.0 Å². The first-order valence-electron chi connectivity index (χ1n) is 7.22. The monoisotopic (exact) mass is 395 g/mol. The summed E-state index contributed by atoms with van der Waals surface area (Å²) in [6.45, 7) is 0. The summed E-state index contributed by atoms with van der Waals surface area (Å²) in [5.74, 6) is -1.83. The molecular weight excluding hydrogens is 384 g/mol. The van der Waals surface area contributed by atoms with E-state index in [0.717, 1.165) is 6.07 Å². The second kappa shape index (κ2) is 7.72. The third-order valence-corrected chi connectivity index (χ3v) is 3.08. The molecule has 0 fully saturated rings. The molecule has 0 spiro atoms. The number of hydrogen-bond donors (Lipinski definition) is 1. The highest BCUT2D eigenvalue weighted by atomic mass is 19.4. The fraction of sp³-hybridized carbons (Fsp3) is 0.250. The van der Waals surface area contributed by atoms with E-state index < -0.39 is 36.4 Å². The first-order chi connectivity index (χ1) is 12.5. The van der Waals surface area contributed by atoms with Crippen LogP contribution >= 0.6 is 0 Å². The van der Waals surface area contributed by atoms with Crippen LogP contribution in [0.15, 0.2) is 47.0 Å². The van der Waals surface area contributed by atoms with Crippen LogP contribution in [-0.4, -0.2) is 28.3 Å². The SMILES string of the molecule is FC(F)(F)c1cc2ccc1o2.O=C(O)C(CC(F)(F)F)Oc1ccccn1. The van der Waals surface area contributed by atoms with Crippen LogP contribution in [0.5, 0.6) is 5.88 Å². The number of aliphatic carboxylic acids is 1. The fourth-order valence-electron chi connectivity index (χ4n) is 1.96. The minimum atomic E-state index is -4.60. The minimum absolute atomic E-state index is 0.0903. The van der Waals surface area contributed by atoms with Gasteiger partial charge in [-0.05, 0) is 24.3 Å². The van der Waals surface area contributed by atoms with Crippen LogP contribution in [0.3, 0.4) is 0 Å². The summed E-state index contributed by atoms with van der Waals surface area (Å²) >= 11 is 0. The number of carboxylic acids is 1. The summed E-state index contributed by atoms with van der Waals surface area (Å²) in [4.78, 5) is 14.1. The molecule has 3 rings (SSSR count). The minimum Gasteiger partial charge on any atom is -0.479 e. The maximum absolute atomic E-state index is 12.0. The molecule has 5 nitrogen and oxygen atoms in total. The Morgan fingerprint density at radius 1 is 1.15 bits per heavy atom. The highest BCUT2D eigenvalue weighted by Crippen LogP contribution is 2.36. The number of ether oxygens (including phenoxy) is 1. The van der Waals surface area contributed by atoms with Gasteiger partial charge < -0.3 is 14.3 Å². The Bertz CT molecular complexity index is 859. The molecule has 0 saturated heterocycles. The molecular formula is C16H11F6NO4. The smallest absolute Gasteiger partial charge is 0.420 e. The van der Waals surface area contributed by atoms with Crippen molar-refractivity contribution < 1.29 is 45.4 Å². The van der Waals surface area contributed by atoms with Gasteiger partial charge in [-0.15, -0.1) is 0 Å². The highest BCUT2D eigenvalue weighted by molar-refractivity contribution is 5.72. The van der Waals surface area contributed by atoms with Crippen molar-refractivity contribution in [1.82, 2.24) is 4.98 Å². The van der Waals surface area contributed by atoms with Crippen molar-refractivity contribution in [3.05, 3.63) is 48.2 Å². The third-order valence-electron chi connectivity index (χ3n) is 3.08. The first kappa shape index (κ1) is 20.3. The van der Waals surface area contributed by atoms with Crippen LogP contribution in [0, 0.1) is 0 Å². The Labute approximate surface area is 147 Å². The molecule has 0 aromatic carbocycles. The number of furan rings is 2. The average Bonchev–Trinajstić information content (AvgIpc) is 3.17. The first-order valence-corrected chi connectivity index (χ1v) is 7.22. The standard InChI is InChI=1S/C9H8F3NO3.C7H3F3O/c10-9(11,12)5-6(8(14)15)16-7-3-1-2-4-13-7;8-7(9,10)5-3-4-1-2-6(5)11-4/h1-4,6H,5H2,(H,14,15);1-3H. The van der Waals surface area contributed by atoms with Gasteiger partial charge in [-0.1, -0.05) is 6.07 Å². The van der Waals surface area contributed by atoms with Crippen molar-refractivity contribution in [3.8, 4) is 5.88 Å². The van der Waals surface area contributed by atoms with Crippen molar-refractivity contribution >= 4 is 17.1 Å². The molecule has 146 valence electrons. The van der Waals surface area contributed by atoms with Crippen LogP contribution < -0.4 is 4.74 Å². The molecule has 1 atom stereocenters. The van der Waals surface area contributed by atoms with E-state index in [1.165, 1.54) is 36.5 Å². The van der Waals surface area contributed by atoms with E-state index in [9.17, 15) is 31.1 Å². The normalized spacial score (nSPS) is 13.1. The number of nitrogens with zero attached hydrogens (tertiary/aromatic N) is 1. The van der Waals surface area contributed by atoms with E-state index in [1.807, 2.05) is 0 Å². The molecule has 1 unspecified atom stereocenters. The summed E-state index contributed by atoms with van der Waals surface area (Å²) in [5.41, 5.74) is -0.505. The number of rotatable bonds is 4. The van der Waals surface area contributed by atoms with E-state index >= 15 is 0 Å². The summed E-state index contributed by atoms with van der Waals surface area (Å²) < 4.78 is 81.4. The van der Waals surface area contributed by atoms with Crippen LogP contribution in [0.2, 0.25) is 0 Å². The van der Waals surface area contributed by atoms with Crippen molar-refractivity contribution in [3.63, 3.8) is 0 Å². The number of aromatic nitrogens is 1. The molecule has 1 N–H and O–H groups in total. The predicted molar refractivity (Wildman–Crippen MR) is 79.4 cm³/mol. The van der Waals surface area contributed by atoms with E-state index in [4.69, 9.17) is 9.52 Å². The molecule has 0 amide bonds. The predicted octanol–water partition coefficient (Wildman–Crippen LogP) is 4.76. The summed E-state index contributed by atoms with van der Waals surface area (Å²) in [6.07, 6.45) is -11.1. The summed E-state index contributed by atoms with van der Waals surface area (Å²) in [5, 5.41) is 8.55. The van der Waals surface area contributed by atoms with Gasteiger partial charge in [-0.25, -0.2) is 9.78 Å². The molecule has 0 radical (unpaired) electrons. The van der Waals surface area contributed by atoms with E-state index in [2.05, 4.69) is 9.72 Å². The molecule has 3 heterocycles. The zero-order valence-electron chi connectivity index (χ0n) is 13.2. The van der Waals surface area contributed by atoms with Gasteiger partial charge in [0.25, 0.3) is 0 Å². The van der Waals surface area contributed by atoms with Gasteiger partial charge >= 0.3 is 18.3 Å². The van der Waals surface area contributed by atoms with Gasteiger partial charge in [-0.3, -0.25) is 0 Å². The lowest BCUT2D eigenvalue weighted by molar-refractivity contribution is -0.170. The van der Waals surface area contributed by atoms with Gasteiger partial charge in [0.1, 0.15) is 16.7 Å².